The van der Waals surface area contributed by atoms with Gasteiger partial charge >= 0.3 is 12.1 Å². The minimum absolute atomic E-state index is 0.257. The zero-order valence-electron chi connectivity index (χ0n) is 12.2. The third-order valence-electron chi connectivity index (χ3n) is 2.56. The maximum absolute atomic E-state index is 12.0. The molecule has 0 bridgehead atoms. The lowest BCUT2D eigenvalue weighted by Crippen LogP contribution is -2.39. The Labute approximate surface area is 137 Å². The van der Waals surface area contributed by atoms with E-state index in [1.807, 2.05) is 0 Å². The number of ether oxygens (including phenoxy) is 1. The van der Waals surface area contributed by atoms with Crippen LogP contribution < -0.4 is 0 Å². The maximum Gasteiger partial charge on any atom is 0.411 e. The molecule has 0 saturated carbocycles. The normalized spacial score (nSPS) is 12.7. The molecule has 1 atom stereocenters. The molecular weight excluding hydrogens is 362 g/mol. The number of likely N-dealkylation sites (N-methyl/N-ethyl adjacent to an activating group) is 1. The van der Waals surface area contributed by atoms with Crippen LogP contribution in [0.2, 0.25) is 5.02 Å². The molecule has 0 aromatic heterocycles. The highest BCUT2D eigenvalue weighted by atomic mass is 79.9. The maximum atomic E-state index is 12.0. The Morgan fingerprint density at radius 2 is 1.95 bits per heavy atom. The topological polar surface area (TPSA) is 66.8 Å². The SMILES string of the molecule is CN(C(=O)OC(C)(C)C)C(C(=O)O)c1ccc(Br)cc1Cl. The van der Waals surface area contributed by atoms with Gasteiger partial charge in [0.25, 0.3) is 0 Å². The molecule has 116 valence electrons. The van der Waals surface area contributed by atoms with Gasteiger partial charge in [0.05, 0.1) is 0 Å². The van der Waals surface area contributed by atoms with Crippen LogP contribution in [0.5, 0.6) is 0 Å². The Bertz CT molecular complexity index is 556. The van der Waals surface area contributed by atoms with Crippen molar-refractivity contribution in [2.75, 3.05) is 7.05 Å². The van der Waals surface area contributed by atoms with Crippen molar-refractivity contribution < 1.29 is 19.4 Å². The van der Waals surface area contributed by atoms with Crippen molar-refractivity contribution >= 4 is 39.6 Å². The van der Waals surface area contributed by atoms with Crippen molar-refractivity contribution in [3.05, 3.63) is 33.3 Å². The minimum Gasteiger partial charge on any atom is -0.479 e. The quantitative estimate of drug-likeness (QED) is 0.860. The number of carbonyl (C=O) groups excluding carboxylic acids is 1. The van der Waals surface area contributed by atoms with Crippen molar-refractivity contribution in [1.82, 2.24) is 4.90 Å². The molecule has 1 unspecified atom stereocenters. The van der Waals surface area contributed by atoms with E-state index >= 15 is 0 Å². The number of hydrogen-bond donors (Lipinski definition) is 1. The molecule has 0 aliphatic rings. The number of benzene rings is 1. The fraction of sp³-hybridized carbons (Fsp3) is 0.429. The lowest BCUT2D eigenvalue weighted by molar-refractivity contribution is -0.142. The van der Waals surface area contributed by atoms with Crippen molar-refractivity contribution in [3.63, 3.8) is 0 Å². The van der Waals surface area contributed by atoms with Gasteiger partial charge in [0.2, 0.25) is 0 Å². The Balaban J connectivity index is 3.12. The molecule has 0 heterocycles. The molecule has 1 N–H and O–H groups in total. The molecule has 1 aromatic rings. The molecule has 0 aliphatic heterocycles. The average Bonchev–Trinajstić information content (AvgIpc) is 2.29. The highest BCUT2D eigenvalue weighted by Gasteiger charge is 2.32. The second kappa shape index (κ2) is 6.66. The van der Waals surface area contributed by atoms with Crippen molar-refractivity contribution in [1.29, 1.82) is 0 Å². The molecule has 7 heteroatoms. The number of amides is 1. The predicted molar refractivity (Wildman–Crippen MR) is 83.5 cm³/mol. The van der Waals surface area contributed by atoms with Gasteiger partial charge in [-0.15, -0.1) is 0 Å². The summed E-state index contributed by atoms with van der Waals surface area (Å²) in [7, 11) is 1.37. The highest BCUT2D eigenvalue weighted by Crippen LogP contribution is 2.30. The van der Waals surface area contributed by atoms with Crippen molar-refractivity contribution in [3.8, 4) is 0 Å². The fourth-order valence-electron chi connectivity index (χ4n) is 1.67. The van der Waals surface area contributed by atoms with Gasteiger partial charge in [0.15, 0.2) is 6.04 Å². The van der Waals surface area contributed by atoms with Crippen LogP contribution in [-0.4, -0.2) is 34.7 Å². The molecule has 0 radical (unpaired) electrons. The zero-order chi connectivity index (χ0) is 16.4. The van der Waals surface area contributed by atoms with Gasteiger partial charge in [-0.1, -0.05) is 33.6 Å². The molecule has 1 rings (SSSR count). The molecule has 0 aliphatic carbocycles. The van der Waals surface area contributed by atoms with E-state index in [2.05, 4.69) is 15.9 Å². The lowest BCUT2D eigenvalue weighted by atomic mass is 10.1. The second-order valence-corrected chi connectivity index (χ2v) is 6.82. The van der Waals surface area contributed by atoms with Crippen molar-refractivity contribution in [2.24, 2.45) is 0 Å². The van der Waals surface area contributed by atoms with Crippen LogP contribution in [-0.2, 0) is 9.53 Å². The molecule has 1 aromatic carbocycles. The van der Waals surface area contributed by atoms with Crippen LogP contribution in [0.4, 0.5) is 4.79 Å². The monoisotopic (exact) mass is 377 g/mol. The summed E-state index contributed by atoms with van der Waals surface area (Å²) in [5.74, 6) is -1.19. The number of carboxylic acid groups (broad SMARTS) is 1. The first kappa shape index (κ1) is 17.8. The number of hydrogen-bond acceptors (Lipinski definition) is 3. The summed E-state index contributed by atoms with van der Waals surface area (Å²) in [4.78, 5) is 24.6. The van der Waals surface area contributed by atoms with Crippen LogP contribution in [0.3, 0.4) is 0 Å². The molecule has 0 spiro atoms. The lowest BCUT2D eigenvalue weighted by Gasteiger charge is -2.29. The summed E-state index contributed by atoms with van der Waals surface area (Å²) in [6.45, 7) is 5.13. The first-order valence-electron chi connectivity index (χ1n) is 6.16. The summed E-state index contributed by atoms with van der Waals surface area (Å²) < 4.78 is 5.91. The third kappa shape index (κ3) is 4.89. The largest absolute Gasteiger partial charge is 0.479 e. The molecule has 0 fully saturated rings. The summed E-state index contributed by atoms with van der Waals surface area (Å²) in [5, 5.41) is 9.67. The van der Waals surface area contributed by atoms with E-state index in [9.17, 15) is 14.7 Å². The third-order valence-corrected chi connectivity index (χ3v) is 3.38. The number of carboxylic acids is 1. The molecular formula is C14H17BrClNO4. The number of halogens is 2. The summed E-state index contributed by atoms with van der Waals surface area (Å²) >= 11 is 9.33. The number of rotatable bonds is 3. The van der Waals surface area contributed by atoms with E-state index in [0.717, 1.165) is 9.37 Å². The molecule has 5 nitrogen and oxygen atoms in total. The molecule has 0 saturated heterocycles. The van der Waals surface area contributed by atoms with Crippen LogP contribution >= 0.6 is 27.5 Å². The van der Waals surface area contributed by atoms with Gasteiger partial charge in [0.1, 0.15) is 5.60 Å². The Kier molecular flexibility index (Phi) is 5.64. The first-order valence-corrected chi connectivity index (χ1v) is 7.33. The van der Waals surface area contributed by atoms with Gasteiger partial charge < -0.3 is 9.84 Å². The van der Waals surface area contributed by atoms with E-state index in [1.165, 1.54) is 7.05 Å². The van der Waals surface area contributed by atoms with E-state index in [1.54, 1.807) is 39.0 Å². The smallest absolute Gasteiger partial charge is 0.411 e. The van der Waals surface area contributed by atoms with Gasteiger partial charge in [-0.25, -0.2) is 9.59 Å². The first-order chi connectivity index (χ1) is 9.53. The average molecular weight is 379 g/mol. The summed E-state index contributed by atoms with van der Waals surface area (Å²) in [5.41, 5.74) is -0.390. The summed E-state index contributed by atoms with van der Waals surface area (Å²) in [6.07, 6.45) is -0.728. The van der Waals surface area contributed by atoms with E-state index in [4.69, 9.17) is 16.3 Å². The predicted octanol–water partition coefficient (Wildman–Crippen LogP) is 4.10. The van der Waals surface area contributed by atoms with Crippen LogP contribution in [0.1, 0.15) is 32.4 Å². The van der Waals surface area contributed by atoms with Gasteiger partial charge in [-0.3, -0.25) is 4.90 Å². The zero-order valence-corrected chi connectivity index (χ0v) is 14.5. The number of nitrogens with zero attached hydrogens (tertiary/aromatic N) is 1. The van der Waals surface area contributed by atoms with E-state index in [0.29, 0.717) is 5.56 Å². The Morgan fingerprint density at radius 1 is 1.38 bits per heavy atom. The van der Waals surface area contributed by atoms with Crippen LogP contribution in [0.25, 0.3) is 0 Å². The van der Waals surface area contributed by atoms with E-state index in [-0.39, 0.29) is 5.02 Å². The fourth-order valence-corrected chi connectivity index (χ4v) is 2.45. The van der Waals surface area contributed by atoms with Gasteiger partial charge in [0, 0.05) is 22.1 Å². The minimum atomic E-state index is -1.22. The highest BCUT2D eigenvalue weighted by molar-refractivity contribution is 9.10. The van der Waals surface area contributed by atoms with Gasteiger partial charge in [-0.2, -0.15) is 0 Å². The Hall–Kier alpha value is -1.27. The Morgan fingerprint density at radius 3 is 2.38 bits per heavy atom. The van der Waals surface area contributed by atoms with E-state index < -0.39 is 23.7 Å². The van der Waals surface area contributed by atoms with Crippen molar-refractivity contribution in [2.45, 2.75) is 32.4 Å². The number of aliphatic carboxylic acids is 1. The number of carbonyl (C=O) groups is 2. The molecule has 21 heavy (non-hydrogen) atoms. The summed E-state index contributed by atoms with van der Waals surface area (Å²) in [6, 6.07) is 3.59. The standard InChI is InChI=1S/C14H17BrClNO4/c1-14(2,3)21-13(20)17(4)11(12(18)19)9-6-5-8(15)7-10(9)16/h5-7,11H,1-4H3,(H,18,19). The van der Waals surface area contributed by atoms with Crippen LogP contribution in [0, 0.1) is 0 Å². The molecule has 1 amide bonds. The second-order valence-electron chi connectivity index (χ2n) is 5.50. The van der Waals surface area contributed by atoms with Gasteiger partial charge in [-0.05, 0) is 32.9 Å². The van der Waals surface area contributed by atoms with Crippen LogP contribution in [0.15, 0.2) is 22.7 Å².